The summed E-state index contributed by atoms with van der Waals surface area (Å²) in [6.45, 7) is 8.85. The first-order valence-electron chi connectivity index (χ1n) is 29.8. The van der Waals surface area contributed by atoms with Gasteiger partial charge in [-0.1, -0.05) is 24.3 Å². The number of nitrogens with zero attached hydrogens (tertiary/aromatic N) is 15. The van der Waals surface area contributed by atoms with Gasteiger partial charge in [0.05, 0.1) is 17.2 Å². The molecule has 8 heterocycles. The van der Waals surface area contributed by atoms with Crippen molar-refractivity contribution in [3.8, 4) is 0 Å². The first kappa shape index (κ1) is 40.3. The predicted octanol–water partition coefficient (Wildman–Crippen LogP) is 16.5. The van der Waals surface area contributed by atoms with E-state index in [-0.39, 0.29) is 0 Å². The zero-order chi connectivity index (χ0) is 55.9. The molecule has 0 radical (unpaired) electrons. The summed E-state index contributed by atoms with van der Waals surface area (Å²) in [6.07, 6.45) is 10.1. The van der Waals surface area contributed by atoms with Gasteiger partial charge >= 0.3 is 0 Å². The van der Waals surface area contributed by atoms with E-state index in [9.17, 15) is 0 Å². The lowest BCUT2D eigenvalue weighted by Gasteiger charge is -2.31. The van der Waals surface area contributed by atoms with E-state index < -0.39 is 0 Å². The Morgan fingerprint density at radius 3 is 0.943 bits per heavy atom. The molecule has 15 heteroatoms. The summed E-state index contributed by atoms with van der Waals surface area (Å²) >= 11 is 0. The summed E-state index contributed by atoms with van der Waals surface area (Å²) in [5, 5.41) is 105. The molecule has 0 fully saturated rings. The van der Waals surface area contributed by atoms with E-state index in [1.807, 2.05) is 18.6 Å². The first-order valence-corrected chi connectivity index (χ1v) is 29.8. The molecule has 0 bridgehead atoms. The molecule has 0 N–H and O–H groups in total. The van der Waals surface area contributed by atoms with Gasteiger partial charge < -0.3 is 0 Å². The number of rotatable bonds is 0. The van der Waals surface area contributed by atoms with Crippen LogP contribution in [0.3, 0.4) is 0 Å². The number of benzene rings is 20. The van der Waals surface area contributed by atoms with Crippen molar-refractivity contribution in [2.24, 2.45) is 0 Å². The minimum Gasteiger partial charge on any atom is -0.260 e. The zero-order valence-electron chi connectivity index (χ0n) is 46.1. The summed E-state index contributed by atoms with van der Waals surface area (Å²) in [4.78, 5) is 22.1. The van der Waals surface area contributed by atoms with E-state index in [0.717, 1.165) is 163 Å². The molecule has 15 nitrogen and oxygen atoms in total. The number of aryl methyl sites for hydroxylation is 4. The van der Waals surface area contributed by atoms with Gasteiger partial charge in [0.2, 0.25) is 0 Å². The van der Waals surface area contributed by atoms with Gasteiger partial charge in [-0.05, 0) is 142 Å². The molecule has 8 aromatic heterocycles. The Labute approximate surface area is 483 Å². The Kier molecular flexibility index (Phi) is 5.33. The van der Waals surface area contributed by atoms with Crippen molar-refractivity contribution in [2.45, 2.75) is 27.7 Å². The van der Waals surface area contributed by atoms with Gasteiger partial charge in [-0.3, -0.25) is 19.9 Å². The van der Waals surface area contributed by atoms with E-state index >= 15 is 0 Å². The Hall–Kier alpha value is -12.0. The van der Waals surface area contributed by atoms with Crippen LogP contribution in [0, 0.1) is 27.7 Å². The minimum atomic E-state index is 0.655. The maximum Gasteiger partial charge on any atom is 0.126 e. The van der Waals surface area contributed by atoms with Crippen LogP contribution in [0.4, 0.5) is 0 Å². The number of hydrogen-bond donors (Lipinski definition) is 0. The number of fused-ring (bicyclic) bond motifs is 12. The molecule has 0 atom stereocenters. The second-order valence-corrected chi connectivity index (χ2v) is 26.2. The van der Waals surface area contributed by atoms with Gasteiger partial charge in [0, 0.05) is 203 Å². The van der Waals surface area contributed by atoms with Crippen LogP contribution in [0.1, 0.15) is 22.5 Å². The highest BCUT2D eigenvalue weighted by Gasteiger charge is 2.40. The van der Waals surface area contributed by atoms with Gasteiger partial charge in [0.15, 0.2) is 0 Å². The smallest absolute Gasteiger partial charge is 0.126 e. The summed E-state index contributed by atoms with van der Waals surface area (Å²) in [5.41, 5.74) is 11.5. The summed E-state index contributed by atoms with van der Waals surface area (Å²) < 4.78 is 0. The number of pyridine rings is 4. The van der Waals surface area contributed by atoms with Gasteiger partial charge in [0.25, 0.3) is 0 Å². The molecule has 28 rings (SSSR count). The van der Waals surface area contributed by atoms with Crippen LogP contribution in [0.2, 0.25) is 0 Å². The van der Waals surface area contributed by atoms with Crippen molar-refractivity contribution in [2.75, 3.05) is 0 Å². The fourth-order valence-electron chi connectivity index (χ4n) is 20.5. The molecule has 0 amide bonds. The van der Waals surface area contributed by atoms with E-state index in [2.05, 4.69) is 92.1 Å². The van der Waals surface area contributed by atoms with Gasteiger partial charge in [-0.15, -0.1) is 35.7 Å². The number of aromatic nitrogens is 15. The maximum absolute atomic E-state index is 5.86. The van der Waals surface area contributed by atoms with Crippen molar-refractivity contribution < 1.29 is 0 Å². The molecular formula is C73H23N15. The van der Waals surface area contributed by atoms with E-state index in [1.165, 1.54) is 140 Å². The van der Waals surface area contributed by atoms with Crippen molar-refractivity contribution in [3.63, 3.8) is 0 Å². The van der Waals surface area contributed by atoms with Crippen LogP contribution in [0.25, 0.3) is 292 Å². The lowest BCUT2D eigenvalue weighted by molar-refractivity contribution is 0.904. The third kappa shape index (κ3) is 3.38. The fraction of sp³-hybridized carbons (Fsp3) is 0.0548. The van der Waals surface area contributed by atoms with Crippen LogP contribution >= 0.6 is 0 Å². The van der Waals surface area contributed by atoms with Crippen molar-refractivity contribution in [3.05, 3.63) is 89.9 Å². The first-order chi connectivity index (χ1) is 43.4. The zero-order valence-corrected chi connectivity index (χ0v) is 46.1. The average molecular weight is 1110 g/mol. The average Bonchev–Trinajstić information content (AvgIpc) is 0.637. The summed E-state index contributed by atoms with van der Waals surface area (Å²) in [6, 6.07) is 14.5. The van der Waals surface area contributed by atoms with E-state index in [4.69, 9.17) is 60.7 Å². The van der Waals surface area contributed by atoms with Crippen molar-refractivity contribution >= 4 is 292 Å². The van der Waals surface area contributed by atoms with Crippen LogP contribution in [0.5, 0.6) is 0 Å². The van der Waals surface area contributed by atoms with Crippen LogP contribution in [-0.2, 0) is 0 Å². The molecule has 20 aromatic carbocycles. The number of hydrogen-bond acceptors (Lipinski definition) is 15. The van der Waals surface area contributed by atoms with Crippen LogP contribution < -0.4 is 0 Å². The quantitative estimate of drug-likeness (QED) is 0.103. The lowest BCUT2D eigenvalue weighted by Crippen LogP contribution is -2.07. The molecule has 0 aliphatic carbocycles. The lowest BCUT2D eigenvalue weighted by atomic mass is 9.71. The van der Waals surface area contributed by atoms with Gasteiger partial charge in [0.1, 0.15) is 38.6 Å². The molecule has 0 spiro atoms. The molecule has 0 unspecified atom stereocenters. The summed E-state index contributed by atoms with van der Waals surface area (Å²) in [5.74, 6) is 0. The topological polar surface area (TPSA) is 193 Å². The third-order valence-electron chi connectivity index (χ3n) is 23.2. The molecule has 0 aliphatic rings. The van der Waals surface area contributed by atoms with Crippen molar-refractivity contribution in [1.29, 1.82) is 0 Å². The molecule has 28 aromatic rings. The summed E-state index contributed by atoms with van der Waals surface area (Å²) in [7, 11) is 0. The Morgan fingerprint density at radius 2 is 0.500 bits per heavy atom. The fourth-order valence-corrected chi connectivity index (χ4v) is 20.5. The Morgan fingerprint density at radius 1 is 0.193 bits per heavy atom. The molecule has 0 aliphatic heterocycles. The van der Waals surface area contributed by atoms with E-state index in [0.29, 0.717) is 11.0 Å². The second-order valence-electron chi connectivity index (χ2n) is 26.2. The van der Waals surface area contributed by atoms with Gasteiger partial charge in [-0.2, -0.15) is 5.10 Å². The SMILES string of the molecule is Cc1ncc2c3nnnc4c5cnnc6c7cnc8c9cc%10c%11ccc(C)c%12c%13c(C)ncc%14c%15nnnc%16c%17nnnc%18c%19cnc%20c%21cc%22c%23ccc(C)c%24c1c2c1c(c43)c(c56)c2c7c8c(c%21c9c3c%10c4c(c%11%12)c(c%14%13)c(c%15%16)c(c%18%17)c4c%19c%203)c%22c2c1c%23%24. The van der Waals surface area contributed by atoms with Crippen molar-refractivity contribution in [1.82, 2.24) is 76.4 Å². The molecule has 0 saturated heterocycles. The monoisotopic (exact) mass is 1110 g/mol. The highest BCUT2D eigenvalue weighted by molar-refractivity contribution is 6.67. The Bertz CT molecular complexity index is 7790. The minimum absolute atomic E-state index is 0.655. The van der Waals surface area contributed by atoms with Crippen LogP contribution in [-0.4, -0.2) is 76.4 Å². The standard InChI is InChI=1S/C73H23N15/c1-16-5-7-20-22-9-25-39-40-24(65-60-43-28(13-76-65)67-45-30(15-78-79-67)71-62-57-52-41-26(68(62)80-86-83-71)11-74-18(3)33(41)31(16)35(20)48(52)50(37(22)46(39)60)54(43)56(45)57)10-23-21-8-6-17(2)32-34-19(4)75-12-27-42(34)53-49(36(21)32)51-38(23)47(40)61-44-29(14-77-66(25)61)70-64-59(55(44)51)58(53)63-69(27)81-87-84-72(63)73(64)85-88-82-70/h5-15H,1-4H3. The van der Waals surface area contributed by atoms with Gasteiger partial charge in [-0.25, -0.2) is 0 Å². The molecule has 88 heavy (non-hydrogen) atoms. The molecular weight excluding hydrogens is 1090 g/mol. The predicted molar refractivity (Wildman–Crippen MR) is 353 cm³/mol. The van der Waals surface area contributed by atoms with E-state index in [1.54, 1.807) is 0 Å². The Balaban J connectivity index is 1.02. The largest absolute Gasteiger partial charge is 0.260 e. The highest BCUT2D eigenvalue weighted by atomic mass is 15.3. The second kappa shape index (κ2) is 11.6. The molecule has 390 valence electrons. The van der Waals surface area contributed by atoms with Crippen LogP contribution in [0.15, 0.2) is 67.4 Å². The normalized spacial score (nSPS) is 14.4. The highest BCUT2D eigenvalue weighted by Crippen LogP contribution is 2.66. The maximum atomic E-state index is 5.86. The molecule has 0 saturated carbocycles. The third-order valence-corrected chi connectivity index (χ3v) is 23.2.